The quantitative estimate of drug-likeness (QED) is 0.463. The summed E-state index contributed by atoms with van der Waals surface area (Å²) in [5.74, 6) is 1.74. The molecule has 2 heterocycles. The molecule has 0 radical (unpaired) electrons. The lowest BCUT2D eigenvalue weighted by atomic mass is 10.3. The van der Waals surface area contributed by atoms with Crippen LogP contribution in [0.1, 0.15) is 11.5 Å². The van der Waals surface area contributed by atoms with E-state index in [1.807, 2.05) is 29.9 Å². The molecule has 0 atom stereocenters. The average Bonchev–Trinajstić information content (AvgIpc) is 3.05. The normalized spacial score (nSPS) is 11.0. The summed E-state index contributed by atoms with van der Waals surface area (Å²) in [6.07, 6.45) is 4.30. The molecule has 2 aromatic heterocycles. The van der Waals surface area contributed by atoms with E-state index in [2.05, 4.69) is 20.7 Å². The Balaban J connectivity index is 0.00000200. The van der Waals surface area contributed by atoms with Crippen molar-refractivity contribution in [2.24, 2.45) is 12.0 Å². The first kappa shape index (κ1) is 16.5. The average molecular weight is 389 g/mol. The number of nitrogens with zero attached hydrogens (tertiary/aromatic N) is 3. The van der Waals surface area contributed by atoms with Gasteiger partial charge in [0.1, 0.15) is 5.76 Å². The molecule has 20 heavy (non-hydrogen) atoms. The van der Waals surface area contributed by atoms with E-state index < -0.39 is 0 Å². The first-order valence-corrected chi connectivity index (χ1v) is 6.23. The van der Waals surface area contributed by atoms with Gasteiger partial charge >= 0.3 is 0 Å². The Morgan fingerprint density at radius 2 is 2.25 bits per heavy atom. The van der Waals surface area contributed by atoms with Gasteiger partial charge in [-0.15, -0.1) is 24.0 Å². The Kier molecular flexibility index (Phi) is 7.13. The van der Waals surface area contributed by atoms with Crippen LogP contribution >= 0.6 is 24.0 Å². The van der Waals surface area contributed by atoms with E-state index in [9.17, 15) is 0 Å². The van der Waals surface area contributed by atoms with Gasteiger partial charge in [0.2, 0.25) is 0 Å². The van der Waals surface area contributed by atoms with Crippen LogP contribution in [0.5, 0.6) is 0 Å². The number of guanidine groups is 1. The molecule has 0 saturated heterocycles. The van der Waals surface area contributed by atoms with E-state index in [0.717, 1.165) is 30.4 Å². The first-order chi connectivity index (χ1) is 9.29. The Morgan fingerprint density at radius 1 is 1.40 bits per heavy atom. The van der Waals surface area contributed by atoms with Crippen molar-refractivity contribution in [1.82, 2.24) is 20.4 Å². The number of aliphatic imine (C=N–C) groups is 1. The summed E-state index contributed by atoms with van der Waals surface area (Å²) in [6, 6.07) is 5.83. The number of hydrogen-bond donors (Lipinski definition) is 2. The third kappa shape index (κ3) is 4.87. The third-order valence-corrected chi connectivity index (χ3v) is 2.83. The van der Waals surface area contributed by atoms with Crippen molar-refractivity contribution >= 4 is 29.9 Å². The molecular weight excluding hydrogens is 369 g/mol. The number of aromatic nitrogens is 2. The Labute approximate surface area is 135 Å². The topological polar surface area (TPSA) is 67.4 Å². The van der Waals surface area contributed by atoms with Crippen LogP contribution in [-0.4, -0.2) is 29.3 Å². The summed E-state index contributed by atoms with van der Waals surface area (Å²) in [5, 5.41) is 10.6. The Hall–Kier alpha value is -1.51. The van der Waals surface area contributed by atoms with Gasteiger partial charge in [-0.05, 0) is 18.2 Å². The second-order valence-electron chi connectivity index (χ2n) is 4.13. The van der Waals surface area contributed by atoms with Crippen LogP contribution in [0.25, 0.3) is 0 Å². The predicted octanol–water partition coefficient (Wildman–Crippen LogP) is 1.54. The molecule has 2 N–H and O–H groups in total. The molecular formula is C13H20IN5O. The summed E-state index contributed by atoms with van der Waals surface area (Å²) in [6.45, 7) is 1.47. The number of aryl methyl sites for hydroxylation is 1. The molecule has 0 spiro atoms. The highest BCUT2D eigenvalue weighted by Gasteiger charge is 2.01. The molecule has 0 aliphatic carbocycles. The second-order valence-corrected chi connectivity index (χ2v) is 4.13. The SMILES string of the molecule is CN=C(NCCc1ccco1)NCc1ccnn1C.I. The lowest BCUT2D eigenvalue weighted by Crippen LogP contribution is -2.38. The van der Waals surface area contributed by atoms with E-state index in [1.165, 1.54) is 0 Å². The van der Waals surface area contributed by atoms with Gasteiger partial charge in [0.05, 0.1) is 18.5 Å². The van der Waals surface area contributed by atoms with Gasteiger partial charge in [0.25, 0.3) is 0 Å². The fraction of sp³-hybridized carbons (Fsp3) is 0.385. The molecule has 7 heteroatoms. The van der Waals surface area contributed by atoms with E-state index >= 15 is 0 Å². The number of halogens is 1. The zero-order valence-corrected chi connectivity index (χ0v) is 14.0. The van der Waals surface area contributed by atoms with E-state index in [0.29, 0.717) is 6.54 Å². The Bertz CT molecular complexity index is 521. The van der Waals surface area contributed by atoms with E-state index in [-0.39, 0.29) is 24.0 Å². The highest BCUT2D eigenvalue weighted by atomic mass is 127. The van der Waals surface area contributed by atoms with Crippen LogP contribution in [0.3, 0.4) is 0 Å². The van der Waals surface area contributed by atoms with E-state index in [1.54, 1.807) is 19.5 Å². The van der Waals surface area contributed by atoms with Gasteiger partial charge in [-0.25, -0.2) is 0 Å². The van der Waals surface area contributed by atoms with Crippen LogP contribution in [0.15, 0.2) is 40.1 Å². The van der Waals surface area contributed by atoms with Gasteiger partial charge in [0, 0.05) is 33.3 Å². The highest BCUT2D eigenvalue weighted by Crippen LogP contribution is 1.99. The molecule has 0 bridgehead atoms. The second kappa shape index (κ2) is 8.62. The Morgan fingerprint density at radius 3 is 2.85 bits per heavy atom. The van der Waals surface area contributed by atoms with Crippen molar-refractivity contribution in [2.45, 2.75) is 13.0 Å². The van der Waals surface area contributed by atoms with Crippen molar-refractivity contribution in [3.05, 3.63) is 42.1 Å². The minimum Gasteiger partial charge on any atom is -0.469 e. The lowest BCUT2D eigenvalue weighted by Gasteiger charge is -2.11. The summed E-state index contributed by atoms with van der Waals surface area (Å²) < 4.78 is 7.11. The zero-order valence-electron chi connectivity index (χ0n) is 11.7. The lowest BCUT2D eigenvalue weighted by molar-refractivity contribution is 0.506. The monoisotopic (exact) mass is 389 g/mol. The van der Waals surface area contributed by atoms with Crippen molar-refractivity contribution < 1.29 is 4.42 Å². The summed E-state index contributed by atoms with van der Waals surface area (Å²) in [5.41, 5.74) is 1.11. The number of nitrogens with one attached hydrogen (secondary N) is 2. The summed E-state index contributed by atoms with van der Waals surface area (Å²) >= 11 is 0. The molecule has 110 valence electrons. The fourth-order valence-electron chi connectivity index (χ4n) is 1.73. The van der Waals surface area contributed by atoms with Crippen LogP contribution < -0.4 is 10.6 Å². The van der Waals surface area contributed by atoms with Crippen LogP contribution in [0.2, 0.25) is 0 Å². The maximum Gasteiger partial charge on any atom is 0.191 e. The van der Waals surface area contributed by atoms with Crippen LogP contribution in [0.4, 0.5) is 0 Å². The maximum absolute atomic E-state index is 5.27. The van der Waals surface area contributed by atoms with Gasteiger partial charge in [-0.2, -0.15) is 5.10 Å². The molecule has 0 amide bonds. The minimum absolute atomic E-state index is 0. The highest BCUT2D eigenvalue weighted by molar-refractivity contribution is 14.0. The zero-order chi connectivity index (χ0) is 13.5. The molecule has 0 fully saturated rings. The maximum atomic E-state index is 5.27. The number of rotatable bonds is 5. The minimum atomic E-state index is 0. The van der Waals surface area contributed by atoms with Crippen molar-refractivity contribution in [3.8, 4) is 0 Å². The van der Waals surface area contributed by atoms with Crippen molar-refractivity contribution in [1.29, 1.82) is 0 Å². The summed E-state index contributed by atoms with van der Waals surface area (Å²) in [7, 11) is 3.68. The standard InChI is InChI=1S/C13H19N5O.HI/c1-14-13(15-7-6-12-4-3-9-19-12)16-10-11-5-8-17-18(11)2;/h3-5,8-9H,6-7,10H2,1-2H3,(H2,14,15,16);1H. The largest absolute Gasteiger partial charge is 0.469 e. The third-order valence-electron chi connectivity index (χ3n) is 2.83. The molecule has 0 unspecified atom stereocenters. The van der Waals surface area contributed by atoms with Gasteiger partial charge < -0.3 is 15.1 Å². The van der Waals surface area contributed by atoms with Crippen LogP contribution in [-0.2, 0) is 20.0 Å². The molecule has 2 rings (SSSR count). The molecule has 2 aromatic rings. The van der Waals surface area contributed by atoms with Gasteiger partial charge in [-0.3, -0.25) is 9.67 Å². The molecule has 6 nitrogen and oxygen atoms in total. The van der Waals surface area contributed by atoms with Crippen LogP contribution in [0, 0.1) is 0 Å². The van der Waals surface area contributed by atoms with Gasteiger partial charge in [-0.1, -0.05) is 0 Å². The van der Waals surface area contributed by atoms with Crippen molar-refractivity contribution in [3.63, 3.8) is 0 Å². The first-order valence-electron chi connectivity index (χ1n) is 6.23. The van der Waals surface area contributed by atoms with E-state index in [4.69, 9.17) is 4.42 Å². The predicted molar refractivity (Wildman–Crippen MR) is 89.2 cm³/mol. The fourth-order valence-corrected chi connectivity index (χ4v) is 1.73. The number of hydrogen-bond acceptors (Lipinski definition) is 3. The summed E-state index contributed by atoms with van der Waals surface area (Å²) in [4.78, 5) is 4.17. The van der Waals surface area contributed by atoms with Gasteiger partial charge in [0.15, 0.2) is 5.96 Å². The molecule has 0 aromatic carbocycles. The smallest absolute Gasteiger partial charge is 0.191 e. The van der Waals surface area contributed by atoms with Crippen molar-refractivity contribution in [2.75, 3.05) is 13.6 Å². The molecule has 0 aliphatic rings. The molecule has 0 saturated carbocycles. The number of furan rings is 1. The molecule has 0 aliphatic heterocycles.